The van der Waals surface area contributed by atoms with Gasteiger partial charge in [-0.25, -0.2) is 0 Å². The standard InChI is InChI=1S/C18H15Cl2N3O4S/c1-2-23-17(15-4-3-7-26-15)21-22-18(23)28-10-16(25)27-9-14(24)12-6-5-11(19)8-13(12)20/h3-8H,2,9-10H2,1H3. The molecule has 0 radical (unpaired) electrons. The fourth-order valence-corrected chi connectivity index (χ4v) is 3.69. The van der Waals surface area contributed by atoms with Crippen molar-refractivity contribution in [2.45, 2.75) is 18.6 Å². The minimum absolute atomic E-state index is 0.0160. The van der Waals surface area contributed by atoms with E-state index in [0.29, 0.717) is 28.3 Å². The molecule has 0 bridgehead atoms. The van der Waals surface area contributed by atoms with Crippen LogP contribution in [-0.4, -0.2) is 38.9 Å². The molecule has 0 aliphatic rings. The summed E-state index contributed by atoms with van der Waals surface area (Å²) in [4.78, 5) is 24.1. The predicted octanol–water partition coefficient (Wildman–Crippen LogP) is 4.38. The number of carbonyl (C=O) groups excluding carboxylic acids is 2. The molecule has 0 amide bonds. The summed E-state index contributed by atoms with van der Waals surface area (Å²) in [7, 11) is 0. The van der Waals surface area contributed by atoms with E-state index in [-0.39, 0.29) is 16.3 Å². The van der Waals surface area contributed by atoms with E-state index in [1.165, 1.54) is 23.9 Å². The number of ether oxygens (including phenoxy) is 1. The lowest BCUT2D eigenvalue weighted by Gasteiger charge is -2.07. The van der Waals surface area contributed by atoms with Crippen LogP contribution in [0, 0.1) is 0 Å². The van der Waals surface area contributed by atoms with E-state index in [2.05, 4.69) is 10.2 Å². The van der Waals surface area contributed by atoms with Gasteiger partial charge in [0.25, 0.3) is 0 Å². The maximum atomic E-state index is 12.1. The molecular formula is C18H15Cl2N3O4S. The number of ketones is 1. The Bertz CT molecular complexity index is 989. The molecule has 0 saturated heterocycles. The molecule has 3 rings (SSSR count). The van der Waals surface area contributed by atoms with Crippen molar-refractivity contribution in [1.29, 1.82) is 0 Å². The summed E-state index contributed by atoms with van der Waals surface area (Å²) in [5.41, 5.74) is 0.250. The van der Waals surface area contributed by atoms with Crippen molar-refractivity contribution in [1.82, 2.24) is 14.8 Å². The Morgan fingerprint density at radius 3 is 2.75 bits per heavy atom. The second-order valence-corrected chi connectivity index (χ2v) is 7.31. The molecule has 0 atom stereocenters. The normalized spacial score (nSPS) is 10.8. The van der Waals surface area contributed by atoms with Crippen LogP contribution < -0.4 is 0 Å². The quantitative estimate of drug-likeness (QED) is 0.292. The van der Waals surface area contributed by atoms with Crippen molar-refractivity contribution >= 4 is 46.7 Å². The molecule has 0 fully saturated rings. The molecule has 0 saturated carbocycles. The highest BCUT2D eigenvalue weighted by Gasteiger charge is 2.18. The van der Waals surface area contributed by atoms with Gasteiger partial charge in [0.05, 0.1) is 17.0 Å². The van der Waals surface area contributed by atoms with Gasteiger partial charge in [0.1, 0.15) is 0 Å². The van der Waals surface area contributed by atoms with Crippen LogP contribution in [0.4, 0.5) is 0 Å². The lowest BCUT2D eigenvalue weighted by Crippen LogP contribution is -2.16. The first-order valence-corrected chi connectivity index (χ1v) is 9.97. The van der Waals surface area contributed by atoms with E-state index in [1.54, 1.807) is 24.5 Å². The summed E-state index contributed by atoms with van der Waals surface area (Å²) in [6.45, 7) is 2.14. The van der Waals surface area contributed by atoms with Crippen LogP contribution in [0.5, 0.6) is 0 Å². The Kier molecular flexibility index (Phi) is 6.77. The molecule has 0 N–H and O–H groups in total. The third kappa shape index (κ3) is 4.76. The molecule has 0 aliphatic heterocycles. The number of Topliss-reactive ketones (excluding diaryl/α,β-unsaturated/α-hetero) is 1. The van der Waals surface area contributed by atoms with Gasteiger partial charge in [-0.3, -0.25) is 14.2 Å². The van der Waals surface area contributed by atoms with Gasteiger partial charge in [-0.1, -0.05) is 35.0 Å². The van der Waals surface area contributed by atoms with Crippen LogP contribution >= 0.6 is 35.0 Å². The van der Waals surface area contributed by atoms with Crippen molar-refractivity contribution in [2.75, 3.05) is 12.4 Å². The van der Waals surface area contributed by atoms with Gasteiger partial charge in [0, 0.05) is 17.1 Å². The number of nitrogens with zero attached hydrogens (tertiary/aromatic N) is 3. The van der Waals surface area contributed by atoms with E-state index >= 15 is 0 Å². The highest BCUT2D eigenvalue weighted by molar-refractivity contribution is 7.99. The van der Waals surface area contributed by atoms with Gasteiger partial charge in [0.15, 0.2) is 23.3 Å². The molecule has 2 heterocycles. The molecule has 2 aromatic heterocycles. The number of benzene rings is 1. The maximum Gasteiger partial charge on any atom is 0.316 e. The van der Waals surface area contributed by atoms with Crippen molar-refractivity contribution in [3.8, 4) is 11.6 Å². The van der Waals surface area contributed by atoms with Crippen LogP contribution in [0.15, 0.2) is 46.2 Å². The van der Waals surface area contributed by atoms with E-state index in [0.717, 1.165) is 0 Å². The maximum absolute atomic E-state index is 12.1. The second-order valence-electron chi connectivity index (χ2n) is 5.52. The number of hydrogen-bond donors (Lipinski definition) is 0. The molecule has 0 spiro atoms. The number of furan rings is 1. The minimum Gasteiger partial charge on any atom is -0.461 e. The van der Waals surface area contributed by atoms with Crippen molar-refractivity contribution in [2.24, 2.45) is 0 Å². The van der Waals surface area contributed by atoms with E-state index < -0.39 is 18.4 Å². The van der Waals surface area contributed by atoms with Crippen LogP contribution in [0.1, 0.15) is 17.3 Å². The highest BCUT2D eigenvalue weighted by atomic mass is 35.5. The van der Waals surface area contributed by atoms with Gasteiger partial charge in [-0.05, 0) is 37.3 Å². The molecule has 3 aromatic rings. The van der Waals surface area contributed by atoms with Crippen molar-refractivity contribution < 1.29 is 18.7 Å². The van der Waals surface area contributed by atoms with Gasteiger partial charge < -0.3 is 9.15 Å². The largest absolute Gasteiger partial charge is 0.461 e. The molecule has 28 heavy (non-hydrogen) atoms. The predicted molar refractivity (Wildman–Crippen MR) is 106 cm³/mol. The summed E-state index contributed by atoms with van der Waals surface area (Å²) in [6, 6.07) is 8.05. The lowest BCUT2D eigenvalue weighted by molar-refractivity contribution is -0.139. The molecule has 146 valence electrons. The zero-order valence-corrected chi connectivity index (χ0v) is 17.1. The summed E-state index contributed by atoms with van der Waals surface area (Å²) in [6.07, 6.45) is 1.55. The first kappa shape index (κ1) is 20.4. The van der Waals surface area contributed by atoms with Crippen molar-refractivity contribution in [3.63, 3.8) is 0 Å². The van der Waals surface area contributed by atoms with Crippen LogP contribution in [0.25, 0.3) is 11.6 Å². The van der Waals surface area contributed by atoms with Gasteiger partial charge >= 0.3 is 5.97 Å². The topological polar surface area (TPSA) is 87.2 Å². The minimum atomic E-state index is -0.548. The van der Waals surface area contributed by atoms with Crippen LogP contribution in [0.2, 0.25) is 10.0 Å². The smallest absolute Gasteiger partial charge is 0.316 e. The first-order valence-electron chi connectivity index (χ1n) is 8.23. The number of halogens is 2. The highest BCUT2D eigenvalue weighted by Crippen LogP contribution is 2.24. The fraction of sp³-hybridized carbons (Fsp3) is 0.222. The molecule has 0 aliphatic carbocycles. The zero-order valence-electron chi connectivity index (χ0n) is 14.7. The Hall–Kier alpha value is -2.29. The molecule has 1 aromatic carbocycles. The molecule has 0 unspecified atom stereocenters. The number of aromatic nitrogens is 3. The van der Waals surface area contributed by atoms with Gasteiger partial charge in [-0.15, -0.1) is 10.2 Å². The third-order valence-electron chi connectivity index (χ3n) is 3.69. The summed E-state index contributed by atoms with van der Waals surface area (Å²) < 4.78 is 12.2. The Labute approximate surface area is 175 Å². The number of rotatable bonds is 8. The molecular weight excluding hydrogens is 425 g/mol. The van der Waals surface area contributed by atoms with Crippen molar-refractivity contribution in [3.05, 3.63) is 52.2 Å². The molecule has 7 nitrogen and oxygen atoms in total. The van der Waals surface area contributed by atoms with E-state index in [4.69, 9.17) is 32.4 Å². The Morgan fingerprint density at radius 2 is 2.07 bits per heavy atom. The average Bonchev–Trinajstić information content (AvgIpc) is 3.33. The van der Waals surface area contributed by atoms with Gasteiger partial charge in [0.2, 0.25) is 5.78 Å². The second kappa shape index (κ2) is 9.27. The molecule has 10 heteroatoms. The summed E-state index contributed by atoms with van der Waals surface area (Å²) in [5, 5.41) is 9.38. The number of esters is 1. The van der Waals surface area contributed by atoms with E-state index in [9.17, 15) is 9.59 Å². The van der Waals surface area contributed by atoms with Crippen LogP contribution in [0.3, 0.4) is 0 Å². The SMILES string of the molecule is CCn1c(SCC(=O)OCC(=O)c2ccc(Cl)cc2Cl)nnc1-c1ccco1. The Balaban J connectivity index is 1.55. The van der Waals surface area contributed by atoms with Crippen LogP contribution in [-0.2, 0) is 16.1 Å². The zero-order chi connectivity index (χ0) is 20.1. The van der Waals surface area contributed by atoms with E-state index in [1.807, 2.05) is 11.5 Å². The Morgan fingerprint density at radius 1 is 1.25 bits per heavy atom. The monoisotopic (exact) mass is 439 g/mol. The lowest BCUT2D eigenvalue weighted by atomic mass is 10.1. The fourth-order valence-electron chi connectivity index (χ4n) is 2.37. The number of carbonyl (C=O) groups is 2. The third-order valence-corrected chi connectivity index (χ3v) is 5.18. The number of hydrogen-bond acceptors (Lipinski definition) is 7. The van der Waals surface area contributed by atoms with Gasteiger partial charge in [-0.2, -0.15) is 0 Å². The average molecular weight is 440 g/mol. The summed E-state index contributed by atoms with van der Waals surface area (Å²) in [5.74, 6) is 0.202. The number of thioether (sulfide) groups is 1. The first-order chi connectivity index (χ1) is 13.5. The summed E-state index contributed by atoms with van der Waals surface area (Å²) >= 11 is 13.0.